The van der Waals surface area contributed by atoms with Crippen molar-refractivity contribution >= 4 is 5.91 Å². The van der Waals surface area contributed by atoms with Crippen molar-refractivity contribution in [3.63, 3.8) is 0 Å². The summed E-state index contributed by atoms with van der Waals surface area (Å²) < 4.78 is 7.55. The average molecular weight is 374 g/mol. The van der Waals surface area contributed by atoms with Crippen molar-refractivity contribution in [2.45, 2.75) is 25.8 Å². The van der Waals surface area contributed by atoms with Gasteiger partial charge in [0.2, 0.25) is 0 Å². The SMILES string of the molecule is Cc1ccc(-c2ccc(C(=O)N3C[C@@H]4C[C@H](C3)c3cccc(=O)n3C4)cc2)o1. The number of carbonyl (C=O) groups excluding carboxylic acids is 1. The molecule has 2 aliphatic heterocycles. The number of hydrogen-bond acceptors (Lipinski definition) is 3. The van der Waals surface area contributed by atoms with Gasteiger partial charge in [-0.25, -0.2) is 0 Å². The van der Waals surface area contributed by atoms with Crippen molar-refractivity contribution in [2.24, 2.45) is 5.92 Å². The molecule has 3 aromatic rings. The van der Waals surface area contributed by atoms with Crippen LogP contribution < -0.4 is 5.56 Å². The number of rotatable bonds is 2. The molecule has 5 nitrogen and oxygen atoms in total. The van der Waals surface area contributed by atoms with Crippen molar-refractivity contribution in [1.29, 1.82) is 0 Å². The molecule has 0 unspecified atom stereocenters. The van der Waals surface area contributed by atoms with Gasteiger partial charge in [-0.2, -0.15) is 0 Å². The summed E-state index contributed by atoms with van der Waals surface area (Å²) in [6, 6.07) is 17.0. The Bertz CT molecular complexity index is 1090. The summed E-state index contributed by atoms with van der Waals surface area (Å²) in [5.74, 6) is 2.31. The fourth-order valence-corrected chi connectivity index (χ4v) is 4.61. The van der Waals surface area contributed by atoms with Gasteiger partial charge in [0.25, 0.3) is 11.5 Å². The van der Waals surface area contributed by atoms with Crippen LogP contribution in [0.4, 0.5) is 0 Å². The Hall–Kier alpha value is -3.08. The average Bonchev–Trinajstić information content (AvgIpc) is 3.15. The lowest BCUT2D eigenvalue weighted by Gasteiger charge is -2.42. The Kier molecular flexibility index (Phi) is 3.97. The summed E-state index contributed by atoms with van der Waals surface area (Å²) in [6.45, 7) is 3.99. The zero-order chi connectivity index (χ0) is 19.3. The van der Waals surface area contributed by atoms with E-state index in [-0.39, 0.29) is 17.4 Å². The maximum atomic E-state index is 13.1. The number of nitrogens with zero attached hydrogens (tertiary/aromatic N) is 2. The highest BCUT2D eigenvalue weighted by atomic mass is 16.3. The first-order valence-electron chi connectivity index (χ1n) is 9.74. The topological polar surface area (TPSA) is 55.5 Å². The van der Waals surface area contributed by atoms with Gasteiger partial charge in [0.05, 0.1) is 0 Å². The molecule has 1 saturated heterocycles. The van der Waals surface area contributed by atoms with Crippen molar-refractivity contribution < 1.29 is 9.21 Å². The smallest absolute Gasteiger partial charge is 0.253 e. The first kappa shape index (κ1) is 17.0. The van der Waals surface area contributed by atoms with Crippen LogP contribution in [0.3, 0.4) is 0 Å². The largest absolute Gasteiger partial charge is 0.461 e. The molecule has 0 N–H and O–H groups in total. The Balaban J connectivity index is 1.37. The van der Waals surface area contributed by atoms with Gasteiger partial charge in [0, 0.05) is 48.4 Å². The first-order valence-corrected chi connectivity index (χ1v) is 9.74. The molecule has 2 atom stereocenters. The molecule has 2 aromatic heterocycles. The quantitative estimate of drug-likeness (QED) is 0.688. The second-order valence-corrected chi connectivity index (χ2v) is 7.90. The molecule has 1 amide bonds. The number of furan rings is 1. The number of amides is 1. The Labute approximate surface area is 163 Å². The number of pyridine rings is 1. The molecule has 4 heterocycles. The molecule has 0 spiro atoms. The lowest BCUT2D eigenvalue weighted by molar-refractivity contribution is 0.0594. The Morgan fingerprint density at radius 2 is 1.82 bits per heavy atom. The molecular weight excluding hydrogens is 352 g/mol. The second kappa shape index (κ2) is 6.51. The fourth-order valence-electron chi connectivity index (χ4n) is 4.61. The summed E-state index contributed by atoms with van der Waals surface area (Å²) in [5, 5.41) is 0. The predicted octanol–water partition coefficient (Wildman–Crippen LogP) is 3.68. The maximum Gasteiger partial charge on any atom is 0.253 e. The van der Waals surface area contributed by atoms with Crippen LogP contribution in [-0.4, -0.2) is 28.5 Å². The van der Waals surface area contributed by atoms with E-state index in [9.17, 15) is 9.59 Å². The standard InChI is InChI=1S/C23H22N2O3/c1-15-5-10-21(28-15)17-6-8-18(9-7-17)23(27)24-12-16-11-19(14-24)20-3-2-4-22(26)25(20)13-16/h2-10,16,19H,11-14H2,1H3/t16-,19+/m0/s1. The number of benzene rings is 1. The van der Waals surface area contributed by atoms with E-state index < -0.39 is 0 Å². The first-order chi connectivity index (χ1) is 13.6. The van der Waals surface area contributed by atoms with E-state index in [1.54, 1.807) is 6.07 Å². The molecule has 5 rings (SSSR count). The monoisotopic (exact) mass is 374 g/mol. The molecule has 2 bridgehead atoms. The minimum Gasteiger partial charge on any atom is -0.461 e. The fraction of sp³-hybridized carbons (Fsp3) is 0.304. The van der Waals surface area contributed by atoms with E-state index in [2.05, 4.69) is 0 Å². The molecule has 5 heteroatoms. The lowest BCUT2D eigenvalue weighted by Crippen LogP contribution is -2.49. The molecular formula is C23H22N2O3. The third-order valence-corrected chi connectivity index (χ3v) is 5.92. The maximum absolute atomic E-state index is 13.1. The van der Waals surface area contributed by atoms with E-state index >= 15 is 0 Å². The van der Waals surface area contributed by atoms with Gasteiger partial charge >= 0.3 is 0 Å². The molecule has 142 valence electrons. The minimum absolute atomic E-state index is 0.0589. The normalized spacial score (nSPS) is 20.7. The third-order valence-electron chi connectivity index (χ3n) is 5.92. The van der Waals surface area contributed by atoms with Crippen LogP contribution in [0.5, 0.6) is 0 Å². The highest BCUT2D eigenvalue weighted by Crippen LogP contribution is 2.35. The summed E-state index contributed by atoms with van der Waals surface area (Å²) >= 11 is 0. The zero-order valence-corrected chi connectivity index (χ0v) is 15.8. The van der Waals surface area contributed by atoms with Gasteiger partial charge in [-0.15, -0.1) is 0 Å². The molecule has 0 radical (unpaired) electrons. The van der Waals surface area contributed by atoms with Crippen molar-refractivity contribution in [3.05, 3.63) is 82.0 Å². The van der Waals surface area contributed by atoms with Crippen LogP contribution in [0.1, 0.15) is 34.2 Å². The van der Waals surface area contributed by atoms with Gasteiger partial charge in [-0.3, -0.25) is 9.59 Å². The van der Waals surface area contributed by atoms with Gasteiger partial charge in [0.15, 0.2) is 0 Å². The number of piperidine rings is 1. The zero-order valence-electron chi connectivity index (χ0n) is 15.8. The second-order valence-electron chi connectivity index (χ2n) is 7.90. The summed E-state index contributed by atoms with van der Waals surface area (Å²) in [7, 11) is 0. The van der Waals surface area contributed by atoms with E-state index in [4.69, 9.17) is 4.42 Å². The number of likely N-dealkylation sites (tertiary alicyclic amines) is 1. The van der Waals surface area contributed by atoms with Crippen LogP contribution in [0.15, 0.2) is 63.8 Å². The predicted molar refractivity (Wildman–Crippen MR) is 106 cm³/mol. The van der Waals surface area contributed by atoms with Crippen molar-refractivity contribution in [2.75, 3.05) is 13.1 Å². The van der Waals surface area contributed by atoms with Crippen LogP contribution in [-0.2, 0) is 6.54 Å². The summed E-state index contributed by atoms with van der Waals surface area (Å²) in [4.78, 5) is 27.2. The summed E-state index contributed by atoms with van der Waals surface area (Å²) in [6.07, 6.45) is 1.05. The molecule has 2 aliphatic rings. The van der Waals surface area contributed by atoms with Gasteiger partial charge in [0.1, 0.15) is 11.5 Å². The van der Waals surface area contributed by atoms with E-state index in [0.29, 0.717) is 31.1 Å². The molecule has 1 aromatic carbocycles. The molecule has 0 aliphatic carbocycles. The highest BCUT2D eigenvalue weighted by Gasteiger charge is 2.36. The number of aryl methyl sites for hydroxylation is 1. The van der Waals surface area contributed by atoms with Gasteiger partial charge in [-0.05, 0) is 49.6 Å². The summed E-state index contributed by atoms with van der Waals surface area (Å²) in [5.41, 5.74) is 2.78. The Morgan fingerprint density at radius 3 is 2.57 bits per heavy atom. The van der Waals surface area contributed by atoms with Crippen LogP contribution in [0, 0.1) is 12.8 Å². The van der Waals surface area contributed by atoms with Crippen molar-refractivity contribution in [1.82, 2.24) is 9.47 Å². The molecule has 1 fully saturated rings. The van der Waals surface area contributed by atoms with Crippen molar-refractivity contribution in [3.8, 4) is 11.3 Å². The van der Waals surface area contributed by atoms with Crippen LogP contribution in [0.2, 0.25) is 0 Å². The Morgan fingerprint density at radius 1 is 1.00 bits per heavy atom. The van der Waals surface area contributed by atoms with E-state index in [1.807, 2.05) is 64.9 Å². The molecule has 28 heavy (non-hydrogen) atoms. The van der Waals surface area contributed by atoms with E-state index in [0.717, 1.165) is 29.2 Å². The lowest BCUT2D eigenvalue weighted by atomic mass is 9.83. The highest BCUT2D eigenvalue weighted by molar-refractivity contribution is 5.94. The van der Waals surface area contributed by atoms with Gasteiger partial charge < -0.3 is 13.9 Å². The number of aromatic nitrogens is 1. The minimum atomic E-state index is 0.0589. The van der Waals surface area contributed by atoms with E-state index in [1.165, 1.54) is 0 Å². The van der Waals surface area contributed by atoms with Crippen LogP contribution in [0.25, 0.3) is 11.3 Å². The number of fused-ring (bicyclic) bond motifs is 4. The number of hydrogen-bond donors (Lipinski definition) is 0. The third kappa shape index (κ3) is 2.87. The van der Waals surface area contributed by atoms with Gasteiger partial charge in [-0.1, -0.05) is 18.2 Å². The molecule has 0 saturated carbocycles. The van der Waals surface area contributed by atoms with Crippen LogP contribution >= 0.6 is 0 Å². The number of carbonyl (C=O) groups is 1.